The highest BCUT2D eigenvalue weighted by Crippen LogP contribution is 2.54. The number of alkyl halides is 3. The first-order valence-electron chi connectivity index (χ1n) is 13.4. The van der Waals surface area contributed by atoms with E-state index in [0.717, 1.165) is 37.8 Å². The third-order valence-corrected chi connectivity index (χ3v) is 9.16. The van der Waals surface area contributed by atoms with Crippen LogP contribution >= 0.6 is 23.2 Å². The molecule has 0 aromatic heterocycles. The summed E-state index contributed by atoms with van der Waals surface area (Å²) in [7, 11) is 0. The number of rotatable bonds is 8. The van der Waals surface area contributed by atoms with Gasteiger partial charge in [0.25, 0.3) is 5.91 Å². The van der Waals surface area contributed by atoms with Gasteiger partial charge in [-0.05, 0) is 80.5 Å². The van der Waals surface area contributed by atoms with Crippen LogP contribution < -0.4 is 4.90 Å². The largest absolute Gasteiger partial charge is 0.415 e. The van der Waals surface area contributed by atoms with Crippen molar-refractivity contribution in [2.75, 3.05) is 24.5 Å². The lowest BCUT2D eigenvalue weighted by atomic mass is 9.78. The second kappa shape index (κ2) is 9.66. The van der Waals surface area contributed by atoms with Crippen molar-refractivity contribution in [1.82, 2.24) is 4.90 Å². The highest BCUT2D eigenvalue weighted by atomic mass is 35.5. The van der Waals surface area contributed by atoms with Crippen molar-refractivity contribution < 1.29 is 23.1 Å². The lowest BCUT2D eigenvalue weighted by molar-refractivity contribution is -0.142. The van der Waals surface area contributed by atoms with Crippen molar-refractivity contribution in [2.24, 2.45) is 17.8 Å². The van der Waals surface area contributed by atoms with Gasteiger partial charge in [0.1, 0.15) is 0 Å². The molecule has 0 radical (unpaired) electrons. The topological polar surface area (TPSA) is 48.1 Å². The number of anilines is 1. The first kappa shape index (κ1) is 26.9. The number of fused-ring (bicyclic) bond motifs is 1. The molecule has 1 amide bonds. The maximum absolute atomic E-state index is 14.3. The van der Waals surface area contributed by atoms with E-state index in [1.54, 1.807) is 0 Å². The molecule has 2 aromatic rings. The van der Waals surface area contributed by atoms with E-state index in [1.807, 2.05) is 0 Å². The van der Waals surface area contributed by atoms with Crippen molar-refractivity contribution in [2.45, 2.75) is 56.3 Å². The number of carbonyl (C=O) groups is 1. The maximum atomic E-state index is 14.3. The van der Waals surface area contributed by atoms with Gasteiger partial charge in [-0.1, -0.05) is 29.3 Å². The molecule has 1 aliphatic heterocycles. The zero-order chi connectivity index (χ0) is 27.7. The van der Waals surface area contributed by atoms with E-state index in [2.05, 4.69) is 9.74 Å². The Balaban J connectivity index is 1.34. The fourth-order valence-electron chi connectivity index (χ4n) is 6.16. The Labute approximate surface area is 235 Å². The van der Waals surface area contributed by atoms with Crippen LogP contribution in [0.25, 0.3) is 4.85 Å². The van der Waals surface area contributed by atoms with E-state index in [1.165, 1.54) is 54.8 Å². The Hall–Kier alpha value is -2.31. The van der Waals surface area contributed by atoms with E-state index in [9.17, 15) is 23.1 Å². The average molecular weight is 578 g/mol. The normalized spacial score (nSPS) is 26.5. The van der Waals surface area contributed by atoms with Crippen molar-refractivity contribution in [3.8, 4) is 0 Å². The molecular weight excluding hydrogens is 550 g/mol. The minimum Gasteiger partial charge on any atom is -0.372 e. The molecule has 0 spiro atoms. The van der Waals surface area contributed by atoms with Gasteiger partial charge in [-0.3, -0.25) is 9.69 Å². The third kappa shape index (κ3) is 4.93. The lowest BCUT2D eigenvalue weighted by Crippen LogP contribution is -2.51. The van der Waals surface area contributed by atoms with Gasteiger partial charge in [-0.25, -0.2) is 4.85 Å². The van der Waals surface area contributed by atoms with Crippen molar-refractivity contribution in [3.63, 3.8) is 0 Å². The van der Waals surface area contributed by atoms with Crippen LogP contribution in [-0.4, -0.2) is 41.6 Å². The van der Waals surface area contributed by atoms with Crippen molar-refractivity contribution >= 4 is 40.5 Å². The van der Waals surface area contributed by atoms with Gasteiger partial charge in [0.05, 0.1) is 12.1 Å². The molecule has 3 saturated carbocycles. The Bertz CT molecular complexity index is 1350. The molecule has 2 aromatic carbocycles. The predicted molar refractivity (Wildman–Crippen MR) is 143 cm³/mol. The summed E-state index contributed by atoms with van der Waals surface area (Å²) in [5.74, 6) is 0.705. The summed E-state index contributed by atoms with van der Waals surface area (Å²) in [5, 5.41) is 12.0. The number of nitrogens with zero attached hydrogens (tertiary/aromatic N) is 3. The number of hydrogen-bond donors (Lipinski definition) is 1. The summed E-state index contributed by atoms with van der Waals surface area (Å²) in [6.07, 6.45) is 1.85. The molecule has 206 valence electrons. The number of halogens is 5. The predicted octanol–water partition coefficient (Wildman–Crippen LogP) is 7.05. The summed E-state index contributed by atoms with van der Waals surface area (Å²) < 4.78 is 43.0. The van der Waals surface area contributed by atoms with E-state index in [-0.39, 0.29) is 39.4 Å². The second-order valence-electron chi connectivity index (χ2n) is 11.6. The van der Waals surface area contributed by atoms with Crippen molar-refractivity contribution in [1.29, 1.82) is 0 Å². The van der Waals surface area contributed by atoms with Crippen LogP contribution in [0.1, 0.15) is 55.2 Å². The highest BCUT2D eigenvalue weighted by Gasteiger charge is 2.57. The average Bonchev–Trinajstić information content (AvgIpc) is 3.78. The SMILES string of the molecule is [C-]#[N+]c1cc2c(c(C(F)(F)F)c1)C(O)(c1ccc(Cl)cc1Cl)C(=O)N2C[C@H]1C[C@@H](N(CC2CC2)CC2CC2)C1. The fraction of sp³-hybridized carbons (Fsp3) is 0.517. The van der Waals surface area contributed by atoms with Gasteiger partial charge in [0, 0.05) is 52.5 Å². The number of hydrogen-bond acceptors (Lipinski definition) is 3. The molecule has 5 nitrogen and oxygen atoms in total. The van der Waals surface area contributed by atoms with Crippen LogP contribution in [0.4, 0.5) is 24.5 Å². The summed E-state index contributed by atoms with van der Waals surface area (Å²) in [5.41, 5.74) is -4.99. The van der Waals surface area contributed by atoms with E-state index >= 15 is 0 Å². The molecule has 0 bridgehead atoms. The Morgan fingerprint density at radius 1 is 1.05 bits per heavy atom. The van der Waals surface area contributed by atoms with Crippen LogP contribution in [-0.2, 0) is 16.6 Å². The van der Waals surface area contributed by atoms with Gasteiger partial charge in [0.2, 0.25) is 0 Å². The number of amides is 1. The van der Waals surface area contributed by atoms with Gasteiger partial charge < -0.3 is 10.0 Å². The highest BCUT2D eigenvalue weighted by molar-refractivity contribution is 6.35. The zero-order valence-electron chi connectivity index (χ0n) is 21.1. The second-order valence-corrected chi connectivity index (χ2v) is 12.4. The van der Waals surface area contributed by atoms with E-state index in [0.29, 0.717) is 12.1 Å². The minimum atomic E-state index is -4.92. The quantitative estimate of drug-likeness (QED) is 0.342. The van der Waals surface area contributed by atoms with Gasteiger partial charge in [0.15, 0.2) is 11.3 Å². The summed E-state index contributed by atoms with van der Waals surface area (Å²) in [4.78, 5) is 21.0. The third-order valence-electron chi connectivity index (χ3n) is 8.61. The van der Waals surface area contributed by atoms with Crippen LogP contribution in [0.2, 0.25) is 10.0 Å². The number of benzene rings is 2. The van der Waals surface area contributed by atoms with Gasteiger partial charge in [-0.2, -0.15) is 13.2 Å². The number of aliphatic hydroxyl groups is 1. The monoisotopic (exact) mass is 577 g/mol. The smallest absolute Gasteiger partial charge is 0.372 e. The minimum absolute atomic E-state index is 0.0710. The van der Waals surface area contributed by atoms with Gasteiger partial charge in [-0.15, -0.1) is 0 Å². The fourth-order valence-corrected chi connectivity index (χ4v) is 6.71. The molecule has 3 aliphatic carbocycles. The standard InChI is InChI=1S/C29H28Cl2F3N3O2/c1-35-20-11-23(29(32,33)34)26-25(12-20)37(27(38)28(26,39)22-7-6-19(30)10-24(22)31)15-18-8-21(9-18)36(13-16-2-3-16)14-17-4-5-17/h6-7,10-12,16-18,21,39H,2-5,8-9,13-15H2/t18-,21+,28?. The van der Waals surface area contributed by atoms with Gasteiger partial charge >= 0.3 is 6.18 Å². The molecule has 6 rings (SSSR count). The first-order valence-corrected chi connectivity index (χ1v) is 14.1. The van der Waals surface area contributed by atoms with E-state index in [4.69, 9.17) is 29.8 Å². The number of carbonyl (C=O) groups excluding carboxylic acids is 1. The summed E-state index contributed by atoms with van der Waals surface area (Å²) >= 11 is 12.3. The molecule has 1 unspecified atom stereocenters. The van der Waals surface area contributed by atoms with Crippen LogP contribution in [0, 0.1) is 24.3 Å². The molecule has 39 heavy (non-hydrogen) atoms. The Morgan fingerprint density at radius 2 is 1.69 bits per heavy atom. The maximum Gasteiger partial charge on any atom is 0.415 e. The zero-order valence-corrected chi connectivity index (χ0v) is 22.7. The molecule has 1 heterocycles. The Morgan fingerprint density at radius 3 is 2.23 bits per heavy atom. The summed E-state index contributed by atoms with van der Waals surface area (Å²) in [6.45, 7) is 9.73. The van der Waals surface area contributed by atoms with Crippen LogP contribution in [0.15, 0.2) is 30.3 Å². The molecule has 3 fully saturated rings. The van der Waals surface area contributed by atoms with E-state index < -0.39 is 28.8 Å². The van der Waals surface area contributed by atoms with Crippen LogP contribution in [0.3, 0.4) is 0 Å². The van der Waals surface area contributed by atoms with Crippen LogP contribution in [0.5, 0.6) is 0 Å². The molecule has 0 saturated heterocycles. The first-order chi connectivity index (χ1) is 18.5. The van der Waals surface area contributed by atoms with Crippen molar-refractivity contribution in [3.05, 3.63) is 68.5 Å². The molecule has 1 N–H and O–H groups in total. The Kier molecular flexibility index (Phi) is 6.66. The molecule has 1 atom stereocenters. The summed E-state index contributed by atoms with van der Waals surface area (Å²) in [6, 6.07) is 6.30. The lowest BCUT2D eigenvalue weighted by Gasteiger charge is -2.44. The molecular formula is C29H28Cl2F3N3O2. The molecule has 4 aliphatic rings. The molecule has 10 heteroatoms.